The Morgan fingerprint density at radius 2 is 1.89 bits per heavy atom. The normalized spacial score (nSPS) is 28.6. The van der Waals surface area contributed by atoms with Crippen molar-refractivity contribution in [3.05, 3.63) is 12.3 Å². The molecule has 106 valence electrons. The van der Waals surface area contributed by atoms with Crippen LogP contribution in [0.5, 0.6) is 0 Å². The highest BCUT2D eigenvalue weighted by Crippen LogP contribution is 2.41. The molecule has 19 heavy (non-hydrogen) atoms. The van der Waals surface area contributed by atoms with Crippen molar-refractivity contribution in [1.29, 1.82) is 0 Å². The Balaban J connectivity index is 2.05. The number of methoxy groups -OCH3 is 1. The molecular weight excluding hydrogens is 245 g/mol. The molecule has 0 aromatic rings. The second kappa shape index (κ2) is 4.83. The van der Waals surface area contributed by atoms with Crippen molar-refractivity contribution in [1.82, 2.24) is 4.90 Å². The maximum atomic E-state index is 11.6. The third-order valence-corrected chi connectivity index (χ3v) is 4.22. The van der Waals surface area contributed by atoms with Crippen LogP contribution in [-0.2, 0) is 14.0 Å². The Morgan fingerprint density at radius 3 is 2.42 bits per heavy atom. The lowest BCUT2D eigenvalue weighted by molar-refractivity contribution is 0.00578. The van der Waals surface area contributed by atoms with E-state index in [0.29, 0.717) is 6.54 Å². The van der Waals surface area contributed by atoms with Crippen LogP contribution in [0.15, 0.2) is 12.3 Å². The molecule has 1 fully saturated rings. The van der Waals surface area contributed by atoms with Gasteiger partial charge in [0.25, 0.3) is 0 Å². The van der Waals surface area contributed by atoms with Gasteiger partial charge >= 0.3 is 13.2 Å². The number of rotatable bonds is 1. The highest BCUT2D eigenvalue weighted by Gasteiger charge is 2.54. The maximum Gasteiger partial charge on any atom is 0.463 e. The van der Waals surface area contributed by atoms with E-state index in [9.17, 15) is 4.79 Å². The van der Waals surface area contributed by atoms with Gasteiger partial charge in [0, 0.05) is 18.6 Å². The van der Waals surface area contributed by atoms with E-state index in [4.69, 9.17) is 14.0 Å². The van der Waals surface area contributed by atoms with Gasteiger partial charge in [0.15, 0.2) is 0 Å². The van der Waals surface area contributed by atoms with E-state index < -0.39 is 0 Å². The van der Waals surface area contributed by atoms with Crippen molar-refractivity contribution in [2.45, 2.75) is 51.1 Å². The second-order valence-corrected chi connectivity index (χ2v) is 6.13. The topological polar surface area (TPSA) is 48.0 Å². The number of carbonyl (C=O) groups is 1. The van der Waals surface area contributed by atoms with E-state index in [1.54, 1.807) is 11.1 Å². The Bertz CT molecular complexity index is 378. The summed E-state index contributed by atoms with van der Waals surface area (Å²) < 4.78 is 16.8. The van der Waals surface area contributed by atoms with Crippen LogP contribution in [0.4, 0.5) is 4.79 Å². The third-order valence-electron chi connectivity index (χ3n) is 4.22. The fraction of sp³-hybridized carbons (Fsp3) is 0.769. The molecule has 0 aliphatic carbocycles. The van der Waals surface area contributed by atoms with Gasteiger partial charge in [-0.05, 0) is 34.1 Å². The minimum atomic E-state index is -0.350. The lowest BCUT2D eigenvalue weighted by Crippen LogP contribution is -2.41. The molecule has 0 aromatic carbocycles. The van der Waals surface area contributed by atoms with E-state index in [0.717, 1.165) is 6.42 Å². The van der Waals surface area contributed by atoms with Crippen molar-refractivity contribution in [3.8, 4) is 0 Å². The quantitative estimate of drug-likeness (QED) is 0.684. The molecule has 0 saturated carbocycles. The number of ether oxygens (including phenoxy) is 1. The molecule has 0 spiro atoms. The largest absolute Gasteiger partial charge is 0.463 e. The van der Waals surface area contributed by atoms with Crippen LogP contribution in [0.1, 0.15) is 34.1 Å². The smallest absolute Gasteiger partial charge is 0.452 e. The van der Waals surface area contributed by atoms with Gasteiger partial charge in [-0.3, -0.25) is 4.90 Å². The Hall–Kier alpha value is -1.01. The van der Waals surface area contributed by atoms with Crippen LogP contribution < -0.4 is 0 Å². The van der Waals surface area contributed by atoms with E-state index in [1.165, 1.54) is 7.11 Å². The van der Waals surface area contributed by atoms with Crippen molar-refractivity contribution < 1.29 is 18.8 Å². The summed E-state index contributed by atoms with van der Waals surface area (Å²) in [4.78, 5) is 13.1. The van der Waals surface area contributed by atoms with Crippen molar-refractivity contribution >= 4 is 13.2 Å². The van der Waals surface area contributed by atoms with Gasteiger partial charge in [-0.1, -0.05) is 6.08 Å². The molecule has 1 amide bonds. The first-order valence-corrected chi connectivity index (χ1v) is 6.64. The van der Waals surface area contributed by atoms with Gasteiger partial charge in [-0.15, -0.1) is 0 Å². The van der Waals surface area contributed by atoms with Crippen molar-refractivity contribution in [2.24, 2.45) is 0 Å². The summed E-state index contributed by atoms with van der Waals surface area (Å²) in [5, 5.41) is 0. The summed E-state index contributed by atoms with van der Waals surface area (Å²) in [6.07, 6.45) is 4.20. The number of carbonyl (C=O) groups excluding carboxylic acids is 1. The lowest BCUT2D eigenvalue weighted by Gasteiger charge is -2.32. The Morgan fingerprint density at radius 1 is 1.32 bits per heavy atom. The van der Waals surface area contributed by atoms with Gasteiger partial charge in [0.05, 0.1) is 18.3 Å². The molecule has 2 aliphatic heterocycles. The molecule has 1 atom stereocenters. The van der Waals surface area contributed by atoms with Crippen LogP contribution >= 0.6 is 0 Å². The van der Waals surface area contributed by atoms with Crippen LogP contribution in [0.2, 0.25) is 5.82 Å². The van der Waals surface area contributed by atoms with Gasteiger partial charge in [-0.25, -0.2) is 4.79 Å². The maximum absolute atomic E-state index is 11.6. The zero-order chi connectivity index (χ0) is 14.3. The first-order valence-electron chi connectivity index (χ1n) is 6.64. The molecule has 2 aliphatic rings. The van der Waals surface area contributed by atoms with E-state index in [-0.39, 0.29) is 30.2 Å². The van der Waals surface area contributed by atoms with Gasteiger partial charge in [0.1, 0.15) is 0 Å². The molecule has 1 saturated heterocycles. The van der Waals surface area contributed by atoms with Crippen LogP contribution in [0.25, 0.3) is 0 Å². The summed E-state index contributed by atoms with van der Waals surface area (Å²) in [5.74, 6) is 0.130. The van der Waals surface area contributed by atoms with Gasteiger partial charge < -0.3 is 14.0 Å². The molecule has 6 heteroatoms. The summed E-state index contributed by atoms with van der Waals surface area (Å²) in [6, 6.07) is 0. The zero-order valence-corrected chi connectivity index (χ0v) is 12.3. The zero-order valence-electron chi connectivity index (χ0n) is 12.3. The minimum absolute atomic E-state index is 0.130. The summed E-state index contributed by atoms with van der Waals surface area (Å²) in [5.41, 5.74) is -0.677. The summed E-state index contributed by atoms with van der Waals surface area (Å²) >= 11 is 0. The van der Waals surface area contributed by atoms with Crippen molar-refractivity contribution in [3.63, 3.8) is 0 Å². The molecule has 0 N–H and O–H groups in total. The number of hydrogen-bond acceptors (Lipinski definition) is 4. The molecule has 0 bridgehead atoms. The molecule has 0 radical (unpaired) electrons. The number of hydrogen-bond donors (Lipinski definition) is 0. The Labute approximate surface area is 115 Å². The molecule has 2 heterocycles. The predicted octanol–water partition coefficient (Wildman–Crippen LogP) is 2.43. The summed E-state index contributed by atoms with van der Waals surface area (Å²) in [6.45, 7) is 8.68. The average molecular weight is 267 g/mol. The number of nitrogens with zero attached hydrogens (tertiary/aromatic N) is 1. The molecule has 5 nitrogen and oxygen atoms in total. The van der Waals surface area contributed by atoms with Crippen LogP contribution in [0.3, 0.4) is 0 Å². The first kappa shape index (κ1) is 14.4. The number of amides is 1. The molecule has 2 rings (SSSR count). The first-order chi connectivity index (χ1) is 8.77. The van der Waals surface area contributed by atoms with E-state index in [1.807, 2.05) is 33.8 Å². The molecule has 0 aromatic heterocycles. The summed E-state index contributed by atoms with van der Waals surface area (Å²) in [7, 11) is 1.09. The van der Waals surface area contributed by atoms with Gasteiger partial charge in [0.2, 0.25) is 0 Å². The van der Waals surface area contributed by atoms with Crippen molar-refractivity contribution in [2.75, 3.05) is 13.7 Å². The standard InChI is InChI=1S/C13H22BNO4/c1-12(2)13(3,4)19-14(18-12)10-7-6-8-15(9-10)11(16)17-5/h6,8,10H,7,9H2,1-5H3/t10-/m1/s1. The third kappa shape index (κ3) is 2.65. The van der Waals surface area contributed by atoms with E-state index >= 15 is 0 Å². The average Bonchev–Trinajstić information content (AvgIpc) is 2.58. The fourth-order valence-corrected chi connectivity index (χ4v) is 2.28. The number of allylic oxidation sites excluding steroid dienone is 1. The second-order valence-electron chi connectivity index (χ2n) is 6.13. The Kier molecular flexibility index (Phi) is 3.66. The highest BCUT2D eigenvalue weighted by atomic mass is 16.7. The minimum Gasteiger partial charge on any atom is -0.452 e. The fourth-order valence-electron chi connectivity index (χ4n) is 2.28. The molecule has 0 unspecified atom stereocenters. The molecular formula is C13H22BNO4. The lowest BCUT2D eigenvalue weighted by atomic mass is 9.69. The highest BCUT2D eigenvalue weighted by molar-refractivity contribution is 6.47. The monoisotopic (exact) mass is 267 g/mol. The predicted molar refractivity (Wildman–Crippen MR) is 72.7 cm³/mol. The SMILES string of the molecule is COC(=O)N1C=CC[C@@H](B2OC(C)(C)C(C)(C)O2)C1. The van der Waals surface area contributed by atoms with Gasteiger partial charge in [-0.2, -0.15) is 0 Å². The van der Waals surface area contributed by atoms with Crippen LogP contribution in [0, 0.1) is 0 Å². The van der Waals surface area contributed by atoms with Crippen LogP contribution in [-0.4, -0.2) is 43.0 Å². The van der Waals surface area contributed by atoms with E-state index in [2.05, 4.69) is 0 Å².